The van der Waals surface area contributed by atoms with Crippen molar-refractivity contribution in [1.82, 2.24) is 10.2 Å². The van der Waals surface area contributed by atoms with Crippen molar-refractivity contribution in [3.63, 3.8) is 0 Å². The first-order chi connectivity index (χ1) is 13.8. The maximum Gasteiger partial charge on any atom is 0.325 e. The van der Waals surface area contributed by atoms with Gasteiger partial charge in [-0.25, -0.2) is 4.79 Å². The maximum absolute atomic E-state index is 12.7. The summed E-state index contributed by atoms with van der Waals surface area (Å²) in [6.45, 7) is 8.38. The van der Waals surface area contributed by atoms with E-state index >= 15 is 0 Å². The number of benzene rings is 1. The van der Waals surface area contributed by atoms with Crippen molar-refractivity contribution in [1.29, 1.82) is 0 Å². The van der Waals surface area contributed by atoms with E-state index < -0.39 is 23.4 Å². The monoisotopic (exact) mass is 398 g/mol. The Kier molecular flexibility index (Phi) is 5.63. The highest BCUT2D eigenvalue weighted by atomic mass is 16.3. The molecule has 8 nitrogen and oxygen atoms in total. The number of hydrogen-bond donors (Lipinski definition) is 2. The summed E-state index contributed by atoms with van der Waals surface area (Å²) in [6.07, 6.45) is 1.43. The first-order valence-electron chi connectivity index (χ1n) is 9.61. The zero-order chi connectivity index (χ0) is 21.2. The lowest BCUT2D eigenvalue weighted by molar-refractivity contribution is -0.134. The molecule has 1 aliphatic heterocycles. The minimum atomic E-state index is -1.32. The van der Waals surface area contributed by atoms with Crippen LogP contribution in [0, 0.1) is 0 Å². The van der Waals surface area contributed by atoms with E-state index in [9.17, 15) is 14.4 Å². The largest absolute Gasteiger partial charge is 0.466 e. The molecule has 2 aromatic rings. The van der Waals surface area contributed by atoms with Gasteiger partial charge in [0.15, 0.2) is 5.54 Å². The van der Waals surface area contributed by atoms with E-state index in [0.717, 1.165) is 17.1 Å². The van der Waals surface area contributed by atoms with Gasteiger partial charge in [0.1, 0.15) is 12.3 Å². The molecular formula is C21H26N4O4. The second-order valence-corrected chi connectivity index (χ2v) is 7.40. The van der Waals surface area contributed by atoms with Crippen LogP contribution in [0.2, 0.25) is 0 Å². The van der Waals surface area contributed by atoms with Crippen molar-refractivity contribution in [2.75, 3.05) is 23.3 Å². The number of imide groups is 1. The smallest absolute Gasteiger partial charge is 0.325 e. The van der Waals surface area contributed by atoms with Gasteiger partial charge in [-0.1, -0.05) is 0 Å². The molecule has 1 aromatic carbocycles. The third kappa shape index (κ3) is 3.96. The van der Waals surface area contributed by atoms with Gasteiger partial charge in [-0.3, -0.25) is 14.5 Å². The van der Waals surface area contributed by atoms with Gasteiger partial charge in [-0.15, -0.1) is 0 Å². The fourth-order valence-electron chi connectivity index (χ4n) is 3.50. The molecule has 4 amide bonds. The molecular weight excluding hydrogens is 372 g/mol. The molecule has 0 aliphatic carbocycles. The Hall–Kier alpha value is -3.29. The van der Waals surface area contributed by atoms with Crippen LogP contribution >= 0.6 is 0 Å². The molecule has 0 radical (unpaired) electrons. The summed E-state index contributed by atoms with van der Waals surface area (Å²) < 4.78 is 5.28. The lowest BCUT2D eigenvalue weighted by Gasteiger charge is -2.27. The minimum Gasteiger partial charge on any atom is -0.466 e. The summed E-state index contributed by atoms with van der Waals surface area (Å²) in [5.41, 5.74) is 0.339. The average molecular weight is 398 g/mol. The Morgan fingerprint density at radius 1 is 1.24 bits per heavy atom. The van der Waals surface area contributed by atoms with Crippen LogP contribution in [0.25, 0.3) is 0 Å². The number of anilines is 2. The molecule has 8 heteroatoms. The normalized spacial score (nSPS) is 18.9. The van der Waals surface area contributed by atoms with Crippen molar-refractivity contribution in [3.05, 3.63) is 48.4 Å². The van der Waals surface area contributed by atoms with Crippen LogP contribution in [0.15, 0.2) is 47.1 Å². The van der Waals surface area contributed by atoms with E-state index in [1.54, 1.807) is 31.2 Å². The molecule has 154 valence electrons. The number of carbonyl (C=O) groups is 3. The summed E-state index contributed by atoms with van der Waals surface area (Å²) in [5, 5.41) is 5.33. The first kappa shape index (κ1) is 20.4. The second kappa shape index (κ2) is 7.98. The van der Waals surface area contributed by atoms with Crippen molar-refractivity contribution < 1.29 is 18.8 Å². The van der Waals surface area contributed by atoms with Crippen LogP contribution in [0.3, 0.4) is 0 Å². The van der Waals surface area contributed by atoms with E-state index in [-0.39, 0.29) is 6.54 Å². The number of nitrogens with zero attached hydrogens (tertiary/aromatic N) is 2. The van der Waals surface area contributed by atoms with Crippen molar-refractivity contribution in [3.8, 4) is 0 Å². The highest BCUT2D eigenvalue weighted by Gasteiger charge is 2.51. The number of amides is 4. The van der Waals surface area contributed by atoms with E-state index in [0.29, 0.717) is 17.5 Å². The van der Waals surface area contributed by atoms with Gasteiger partial charge >= 0.3 is 6.03 Å². The summed E-state index contributed by atoms with van der Waals surface area (Å²) in [5.74, 6) is -0.667. The fourth-order valence-corrected chi connectivity index (χ4v) is 3.50. The SMILES string of the molecule is CCN(c1ccc(NC(=O)CN2C(=O)N[C@](C)(c3ccco3)C2=O)cc1)C(C)C. The van der Waals surface area contributed by atoms with E-state index in [1.807, 2.05) is 12.1 Å². The number of carbonyl (C=O) groups excluding carboxylic acids is 3. The number of hydrogen-bond acceptors (Lipinski definition) is 5. The number of nitrogens with one attached hydrogen (secondary N) is 2. The van der Waals surface area contributed by atoms with Crippen LogP contribution in [0.4, 0.5) is 16.2 Å². The quantitative estimate of drug-likeness (QED) is 0.700. The molecule has 1 aromatic heterocycles. The molecule has 1 saturated heterocycles. The summed E-state index contributed by atoms with van der Waals surface area (Å²) in [4.78, 5) is 40.5. The van der Waals surface area contributed by atoms with Crippen LogP contribution < -0.4 is 15.5 Å². The van der Waals surface area contributed by atoms with Crippen molar-refractivity contribution in [2.24, 2.45) is 0 Å². The molecule has 0 saturated carbocycles. The van der Waals surface area contributed by atoms with Gasteiger partial charge in [-0.2, -0.15) is 0 Å². The molecule has 0 unspecified atom stereocenters. The number of furan rings is 1. The van der Waals surface area contributed by atoms with Gasteiger partial charge in [-0.05, 0) is 64.1 Å². The van der Waals surface area contributed by atoms with Crippen molar-refractivity contribution in [2.45, 2.75) is 39.3 Å². The molecule has 1 atom stereocenters. The van der Waals surface area contributed by atoms with Crippen LogP contribution in [-0.4, -0.2) is 41.9 Å². The van der Waals surface area contributed by atoms with Gasteiger partial charge in [0.25, 0.3) is 5.91 Å². The molecule has 3 rings (SSSR count). The predicted molar refractivity (Wildman–Crippen MR) is 110 cm³/mol. The maximum atomic E-state index is 12.7. The van der Waals surface area contributed by atoms with Gasteiger partial charge in [0.2, 0.25) is 5.91 Å². The summed E-state index contributed by atoms with van der Waals surface area (Å²) >= 11 is 0. The molecule has 1 fully saturated rings. The third-order valence-corrected chi connectivity index (χ3v) is 5.04. The average Bonchev–Trinajstić information content (AvgIpc) is 3.28. The second-order valence-electron chi connectivity index (χ2n) is 7.40. The third-order valence-electron chi connectivity index (χ3n) is 5.04. The van der Waals surface area contributed by atoms with Crippen LogP contribution in [0.1, 0.15) is 33.5 Å². The molecule has 0 spiro atoms. The first-order valence-corrected chi connectivity index (χ1v) is 9.61. The highest BCUT2D eigenvalue weighted by Crippen LogP contribution is 2.29. The molecule has 0 bridgehead atoms. The highest BCUT2D eigenvalue weighted by molar-refractivity contribution is 6.10. The van der Waals surface area contributed by atoms with Gasteiger partial charge < -0.3 is 20.0 Å². The summed E-state index contributed by atoms with van der Waals surface area (Å²) in [6, 6.07) is 10.5. The Morgan fingerprint density at radius 3 is 2.48 bits per heavy atom. The van der Waals surface area contributed by atoms with Crippen LogP contribution in [-0.2, 0) is 15.1 Å². The Labute approximate surface area is 169 Å². The zero-order valence-corrected chi connectivity index (χ0v) is 17.1. The lowest BCUT2D eigenvalue weighted by Crippen LogP contribution is -2.41. The van der Waals surface area contributed by atoms with E-state index in [4.69, 9.17) is 4.42 Å². The minimum absolute atomic E-state index is 0.319. The molecule has 2 heterocycles. The Bertz CT molecular complexity index is 892. The van der Waals surface area contributed by atoms with E-state index in [1.165, 1.54) is 6.26 Å². The topological polar surface area (TPSA) is 94.9 Å². The fraction of sp³-hybridized carbons (Fsp3) is 0.381. The predicted octanol–water partition coefficient (Wildman–Crippen LogP) is 2.92. The molecule has 29 heavy (non-hydrogen) atoms. The van der Waals surface area contributed by atoms with Crippen LogP contribution in [0.5, 0.6) is 0 Å². The van der Waals surface area contributed by atoms with Gasteiger partial charge in [0, 0.05) is 24.0 Å². The van der Waals surface area contributed by atoms with Crippen molar-refractivity contribution >= 4 is 29.2 Å². The Balaban J connectivity index is 1.65. The number of urea groups is 1. The Morgan fingerprint density at radius 2 is 1.93 bits per heavy atom. The van der Waals surface area contributed by atoms with E-state index in [2.05, 4.69) is 36.3 Å². The summed E-state index contributed by atoms with van der Waals surface area (Å²) in [7, 11) is 0. The molecule has 1 aliphatic rings. The number of rotatable bonds is 7. The molecule has 2 N–H and O–H groups in total. The lowest BCUT2D eigenvalue weighted by atomic mass is 9.99. The zero-order valence-electron chi connectivity index (χ0n) is 17.1. The van der Waals surface area contributed by atoms with Gasteiger partial charge in [0.05, 0.1) is 6.26 Å². The standard InChI is InChI=1S/C21H26N4O4/c1-5-24(14(2)3)16-10-8-15(9-11-16)22-18(26)13-25-19(27)21(4,23-20(25)28)17-7-6-12-29-17/h6-12,14H,5,13H2,1-4H3,(H,22,26)(H,23,28)/t21-/m1/s1.